The van der Waals surface area contributed by atoms with Crippen molar-refractivity contribution in [3.8, 4) is 5.69 Å². The molecule has 0 atom stereocenters. The van der Waals surface area contributed by atoms with Crippen molar-refractivity contribution < 1.29 is 9.59 Å². The van der Waals surface area contributed by atoms with Gasteiger partial charge in [0.2, 0.25) is 0 Å². The third kappa shape index (κ3) is 4.29. The molecule has 2 amide bonds. The third-order valence-corrected chi connectivity index (χ3v) is 4.93. The number of aromatic amines is 1. The Hall–Kier alpha value is -3.61. The first-order valence-corrected chi connectivity index (χ1v) is 9.57. The molecule has 3 N–H and O–H groups in total. The van der Waals surface area contributed by atoms with Crippen LogP contribution in [0.15, 0.2) is 59.5 Å². The molecule has 3 aromatic rings. The van der Waals surface area contributed by atoms with Crippen molar-refractivity contribution in [2.75, 3.05) is 0 Å². The molecule has 7 nitrogen and oxygen atoms in total. The number of imidazole rings is 1. The molecule has 7 heteroatoms. The molecule has 1 heterocycles. The lowest BCUT2D eigenvalue weighted by Gasteiger charge is -2.08. The molecule has 148 valence electrons. The summed E-state index contributed by atoms with van der Waals surface area (Å²) in [5, 5.41) is 5.82. The monoisotopic (exact) mass is 390 g/mol. The van der Waals surface area contributed by atoms with Crippen LogP contribution in [0.3, 0.4) is 0 Å². The van der Waals surface area contributed by atoms with Crippen LogP contribution in [0.25, 0.3) is 5.69 Å². The van der Waals surface area contributed by atoms with Crippen molar-refractivity contribution >= 4 is 11.8 Å². The minimum Gasteiger partial charge on any atom is -0.349 e. The van der Waals surface area contributed by atoms with E-state index in [0.717, 1.165) is 24.1 Å². The van der Waals surface area contributed by atoms with Crippen LogP contribution in [0.5, 0.6) is 0 Å². The van der Waals surface area contributed by atoms with Gasteiger partial charge >= 0.3 is 5.69 Å². The maximum atomic E-state index is 12.4. The van der Waals surface area contributed by atoms with Crippen LogP contribution in [-0.2, 0) is 6.54 Å². The summed E-state index contributed by atoms with van der Waals surface area (Å²) in [4.78, 5) is 38.9. The number of amides is 2. The second-order valence-corrected chi connectivity index (χ2v) is 7.24. The van der Waals surface area contributed by atoms with Crippen LogP contribution in [0, 0.1) is 6.92 Å². The van der Waals surface area contributed by atoms with Crippen LogP contribution in [-0.4, -0.2) is 27.4 Å². The molecule has 0 saturated heterocycles. The molecule has 0 bridgehead atoms. The fourth-order valence-electron chi connectivity index (χ4n) is 3.09. The normalized spacial score (nSPS) is 13.1. The van der Waals surface area contributed by atoms with Gasteiger partial charge in [0.05, 0.1) is 5.69 Å². The van der Waals surface area contributed by atoms with E-state index in [9.17, 15) is 14.4 Å². The van der Waals surface area contributed by atoms with E-state index in [4.69, 9.17) is 0 Å². The number of carbonyl (C=O) groups is 2. The fourth-order valence-corrected chi connectivity index (χ4v) is 3.09. The van der Waals surface area contributed by atoms with E-state index >= 15 is 0 Å². The second-order valence-electron chi connectivity index (χ2n) is 7.24. The number of carbonyl (C=O) groups excluding carboxylic acids is 2. The van der Waals surface area contributed by atoms with Crippen LogP contribution in [0.2, 0.25) is 0 Å². The highest BCUT2D eigenvalue weighted by Crippen LogP contribution is 2.19. The Balaban J connectivity index is 1.35. The molecular formula is C22H22N4O3. The summed E-state index contributed by atoms with van der Waals surface area (Å²) < 4.78 is 1.54. The predicted molar refractivity (Wildman–Crippen MR) is 109 cm³/mol. The lowest BCUT2D eigenvalue weighted by molar-refractivity contribution is 0.0941. The topological polar surface area (TPSA) is 96.0 Å². The van der Waals surface area contributed by atoms with Crippen LogP contribution < -0.4 is 16.3 Å². The van der Waals surface area contributed by atoms with E-state index in [2.05, 4.69) is 15.6 Å². The molecular weight excluding hydrogens is 368 g/mol. The second kappa shape index (κ2) is 7.79. The highest BCUT2D eigenvalue weighted by atomic mass is 16.2. The maximum Gasteiger partial charge on any atom is 0.330 e. The molecule has 0 radical (unpaired) electrons. The average molecular weight is 390 g/mol. The summed E-state index contributed by atoms with van der Waals surface area (Å²) in [7, 11) is 0. The summed E-state index contributed by atoms with van der Waals surface area (Å²) in [5.41, 5.74) is 3.32. The summed E-state index contributed by atoms with van der Waals surface area (Å²) in [6.07, 6.45) is 3.75. The first-order valence-electron chi connectivity index (χ1n) is 9.57. The van der Waals surface area contributed by atoms with Gasteiger partial charge in [0.15, 0.2) is 0 Å². The van der Waals surface area contributed by atoms with Gasteiger partial charge in [-0.05, 0) is 61.7 Å². The minimum absolute atomic E-state index is 0.0556. The first-order chi connectivity index (χ1) is 14.0. The van der Waals surface area contributed by atoms with Crippen molar-refractivity contribution in [2.45, 2.75) is 32.4 Å². The number of hydrogen-bond acceptors (Lipinski definition) is 3. The first kappa shape index (κ1) is 18.7. The van der Waals surface area contributed by atoms with Gasteiger partial charge in [0, 0.05) is 35.6 Å². The molecule has 1 aromatic heterocycles. The zero-order valence-electron chi connectivity index (χ0n) is 16.1. The number of aromatic nitrogens is 2. The van der Waals surface area contributed by atoms with E-state index in [-0.39, 0.29) is 17.5 Å². The molecule has 1 saturated carbocycles. The van der Waals surface area contributed by atoms with Gasteiger partial charge in [-0.1, -0.05) is 12.1 Å². The average Bonchev–Trinajstić information content (AvgIpc) is 3.49. The van der Waals surface area contributed by atoms with Gasteiger partial charge < -0.3 is 15.6 Å². The summed E-state index contributed by atoms with van der Waals surface area (Å²) in [6.45, 7) is 2.20. The molecule has 1 aliphatic rings. The van der Waals surface area contributed by atoms with Crippen LogP contribution in [0.4, 0.5) is 0 Å². The van der Waals surface area contributed by atoms with Crippen molar-refractivity contribution in [1.29, 1.82) is 0 Å². The van der Waals surface area contributed by atoms with Gasteiger partial charge in [-0.15, -0.1) is 0 Å². The van der Waals surface area contributed by atoms with Gasteiger partial charge in [-0.2, -0.15) is 0 Å². The lowest BCUT2D eigenvalue weighted by atomic mass is 10.1. The number of aryl methyl sites for hydroxylation is 1. The van der Waals surface area contributed by atoms with Crippen molar-refractivity contribution in [2.24, 2.45) is 0 Å². The Morgan fingerprint density at radius 2 is 1.62 bits per heavy atom. The maximum absolute atomic E-state index is 12.4. The predicted octanol–water partition coefficient (Wildman–Crippen LogP) is 2.30. The Kier molecular flexibility index (Phi) is 5.03. The number of hydrogen-bond donors (Lipinski definition) is 3. The molecule has 4 rings (SSSR count). The smallest absolute Gasteiger partial charge is 0.330 e. The van der Waals surface area contributed by atoms with Gasteiger partial charge in [0.1, 0.15) is 0 Å². The van der Waals surface area contributed by atoms with E-state index in [0.29, 0.717) is 29.4 Å². The number of rotatable bonds is 6. The fraction of sp³-hybridized carbons (Fsp3) is 0.227. The molecule has 0 aliphatic heterocycles. The zero-order chi connectivity index (χ0) is 20.4. The van der Waals surface area contributed by atoms with E-state index < -0.39 is 0 Å². The molecule has 29 heavy (non-hydrogen) atoms. The summed E-state index contributed by atoms with van der Waals surface area (Å²) >= 11 is 0. The summed E-state index contributed by atoms with van der Waals surface area (Å²) in [6, 6.07) is 14.4. The van der Waals surface area contributed by atoms with Crippen LogP contribution >= 0.6 is 0 Å². The number of H-pyrrole nitrogens is 1. The highest BCUT2D eigenvalue weighted by molar-refractivity contribution is 5.95. The molecule has 1 aliphatic carbocycles. The van der Waals surface area contributed by atoms with Crippen molar-refractivity contribution in [1.82, 2.24) is 20.2 Å². The number of nitrogens with zero attached hydrogens (tertiary/aromatic N) is 1. The summed E-state index contributed by atoms with van der Waals surface area (Å²) in [5.74, 6) is -0.259. The number of nitrogens with one attached hydrogen (secondary N) is 3. The number of benzene rings is 2. The standard InChI is InChI=1S/C22H22N4O3/c1-14-12-24-22(29)26(14)19-10-6-16(7-11-19)20(27)23-13-15-2-4-17(5-3-15)21(28)25-18-8-9-18/h2-7,10-12,18H,8-9,13H2,1H3,(H,23,27)(H,24,29)(H,25,28). The van der Waals surface area contributed by atoms with Crippen molar-refractivity contribution in [3.05, 3.63) is 87.6 Å². The molecule has 1 fully saturated rings. The SMILES string of the molecule is Cc1c[nH]c(=O)n1-c1ccc(C(=O)NCc2ccc(C(=O)NC3CC3)cc2)cc1. The zero-order valence-corrected chi connectivity index (χ0v) is 16.1. The van der Waals surface area contributed by atoms with Gasteiger partial charge in [-0.25, -0.2) is 4.79 Å². The Bertz CT molecular complexity index is 1090. The lowest BCUT2D eigenvalue weighted by Crippen LogP contribution is -2.25. The van der Waals surface area contributed by atoms with E-state index in [1.54, 1.807) is 47.2 Å². The largest absolute Gasteiger partial charge is 0.349 e. The van der Waals surface area contributed by atoms with E-state index in [1.165, 1.54) is 0 Å². The minimum atomic E-state index is -0.214. The molecule has 0 unspecified atom stereocenters. The van der Waals surface area contributed by atoms with Gasteiger partial charge in [0.25, 0.3) is 11.8 Å². The quantitative estimate of drug-likeness (QED) is 0.603. The Labute approximate surface area is 167 Å². The molecule has 2 aromatic carbocycles. The third-order valence-electron chi connectivity index (χ3n) is 4.93. The Morgan fingerprint density at radius 3 is 2.21 bits per heavy atom. The molecule has 0 spiro atoms. The van der Waals surface area contributed by atoms with Crippen molar-refractivity contribution in [3.63, 3.8) is 0 Å². The van der Waals surface area contributed by atoms with Crippen LogP contribution in [0.1, 0.15) is 44.8 Å². The van der Waals surface area contributed by atoms with E-state index in [1.807, 2.05) is 19.1 Å². The Morgan fingerprint density at radius 1 is 1.00 bits per heavy atom. The highest BCUT2D eigenvalue weighted by Gasteiger charge is 2.23. The van der Waals surface area contributed by atoms with Gasteiger partial charge in [-0.3, -0.25) is 14.2 Å².